The summed E-state index contributed by atoms with van der Waals surface area (Å²) in [4.78, 5) is 12.2. The Morgan fingerprint density at radius 3 is 2.62 bits per heavy atom. The molecule has 0 aliphatic carbocycles. The molecule has 0 amide bonds. The van der Waals surface area contributed by atoms with Crippen molar-refractivity contribution in [2.45, 2.75) is 17.9 Å². The van der Waals surface area contributed by atoms with Crippen molar-refractivity contribution in [1.29, 1.82) is 0 Å². The van der Waals surface area contributed by atoms with E-state index >= 15 is 0 Å². The van der Waals surface area contributed by atoms with E-state index in [2.05, 4.69) is 20.8 Å². The topological polar surface area (TPSA) is 83.8 Å². The summed E-state index contributed by atoms with van der Waals surface area (Å²) in [6, 6.07) is 4.02. The fraction of sp³-hybridized carbons (Fsp3) is 0.500. The lowest BCUT2D eigenvalue weighted by atomic mass is 10.2. The molecule has 1 heterocycles. The second-order valence-corrected chi connectivity index (χ2v) is 7.88. The van der Waals surface area contributed by atoms with Crippen LogP contribution in [-0.4, -0.2) is 55.3 Å². The van der Waals surface area contributed by atoms with Gasteiger partial charge in [0, 0.05) is 36.2 Å². The molecular weight excluding hydrogens is 362 g/mol. The number of hydrogen-bond donors (Lipinski definition) is 0. The summed E-state index contributed by atoms with van der Waals surface area (Å²) in [7, 11) is -1.95. The lowest BCUT2D eigenvalue weighted by Gasteiger charge is -2.36. The van der Waals surface area contributed by atoms with Gasteiger partial charge in [0.15, 0.2) is 4.90 Å². The first kappa shape index (κ1) is 16.3. The Kier molecular flexibility index (Phi) is 4.66. The average Bonchev–Trinajstić information content (AvgIpc) is 2.41. The first-order chi connectivity index (χ1) is 9.73. The molecule has 0 N–H and O–H groups in total. The second kappa shape index (κ2) is 5.99. The van der Waals surface area contributed by atoms with Gasteiger partial charge >= 0.3 is 0 Å². The van der Waals surface area contributed by atoms with E-state index < -0.39 is 20.6 Å². The molecule has 7 nitrogen and oxygen atoms in total. The maximum atomic E-state index is 12.7. The van der Waals surface area contributed by atoms with Gasteiger partial charge in [0.25, 0.3) is 5.69 Å². The van der Waals surface area contributed by atoms with E-state index in [1.807, 2.05) is 14.0 Å². The Hall–Kier alpha value is -1.03. The van der Waals surface area contributed by atoms with E-state index in [1.165, 1.54) is 22.5 Å². The van der Waals surface area contributed by atoms with Crippen LogP contribution in [0.4, 0.5) is 5.69 Å². The summed E-state index contributed by atoms with van der Waals surface area (Å²) in [5.41, 5.74) is -0.398. The smallest absolute Gasteiger partial charge is 0.289 e. The van der Waals surface area contributed by atoms with Crippen molar-refractivity contribution in [2.24, 2.45) is 0 Å². The van der Waals surface area contributed by atoms with Crippen molar-refractivity contribution in [1.82, 2.24) is 9.21 Å². The fourth-order valence-electron chi connectivity index (χ4n) is 2.22. The molecular formula is C12H16BrN3O4S. The standard InChI is InChI=1S/C12H16BrN3O4S/c1-9-8-15(6-5-14(9)2)21(19,20)12-7-10(13)3-4-11(12)16(17)18/h3-4,7,9H,5-6,8H2,1-2H3. The van der Waals surface area contributed by atoms with Gasteiger partial charge in [0.1, 0.15) is 0 Å². The van der Waals surface area contributed by atoms with Gasteiger partial charge < -0.3 is 4.90 Å². The predicted octanol–water partition coefficient (Wildman–Crippen LogP) is 1.68. The summed E-state index contributed by atoms with van der Waals surface area (Å²) in [5, 5.41) is 11.1. The van der Waals surface area contributed by atoms with Crippen LogP contribution in [0.25, 0.3) is 0 Å². The van der Waals surface area contributed by atoms with Crippen LogP contribution < -0.4 is 0 Å². The third kappa shape index (κ3) is 3.25. The minimum Gasteiger partial charge on any atom is -0.301 e. The molecule has 1 aliphatic rings. The zero-order valence-corrected chi connectivity index (χ0v) is 14.1. The third-order valence-corrected chi connectivity index (χ3v) is 6.05. The van der Waals surface area contributed by atoms with Gasteiger partial charge in [-0.3, -0.25) is 10.1 Å². The van der Waals surface area contributed by atoms with Crippen LogP contribution in [0.5, 0.6) is 0 Å². The summed E-state index contributed by atoms with van der Waals surface area (Å²) < 4.78 is 27.2. The van der Waals surface area contributed by atoms with Gasteiger partial charge in [-0.05, 0) is 26.1 Å². The molecule has 21 heavy (non-hydrogen) atoms. The normalized spacial score (nSPS) is 21.4. The van der Waals surface area contributed by atoms with Crippen LogP contribution >= 0.6 is 15.9 Å². The fourth-order valence-corrected chi connectivity index (χ4v) is 4.43. The predicted molar refractivity (Wildman–Crippen MR) is 81.6 cm³/mol. The van der Waals surface area contributed by atoms with Crippen LogP contribution in [0.15, 0.2) is 27.6 Å². The SMILES string of the molecule is CC1CN(S(=O)(=O)c2cc(Br)ccc2[N+](=O)[O-])CCN1C. The van der Waals surface area contributed by atoms with Crippen molar-refractivity contribution >= 4 is 31.6 Å². The van der Waals surface area contributed by atoms with Gasteiger partial charge in [-0.15, -0.1) is 0 Å². The molecule has 0 bridgehead atoms. The van der Waals surface area contributed by atoms with Gasteiger partial charge in [0.2, 0.25) is 10.0 Å². The Labute approximate surface area is 131 Å². The van der Waals surface area contributed by atoms with Crippen molar-refractivity contribution in [3.05, 3.63) is 32.8 Å². The monoisotopic (exact) mass is 377 g/mol. The minimum absolute atomic E-state index is 0.0692. The summed E-state index contributed by atoms with van der Waals surface area (Å²) >= 11 is 3.17. The largest absolute Gasteiger partial charge is 0.301 e. The number of nitrogens with zero attached hydrogens (tertiary/aromatic N) is 3. The molecule has 1 atom stereocenters. The second-order valence-electron chi connectivity index (χ2n) is 5.06. The Balaban J connectivity index is 2.45. The first-order valence-electron chi connectivity index (χ1n) is 6.38. The number of rotatable bonds is 3. The van der Waals surface area contributed by atoms with Gasteiger partial charge in [-0.25, -0.2) is 8.42 Å². The summed E-state index contributed by atoms with van der Waals surface area (Å²) in [5.74, 6) is 0. The highest BCUT2D eigenvalue weighted by Gasteiger charge is 2.35. The number of piperazine rings is 1. The van der Waals surface area contributed by atoms with Crippen LogP contribution in [0.1, 0.15) is 6.92 Å². The number of nitro groups is 1. The quantitative estimate of drug-likeness (QED) is 0.590. The number of hydrogen-bond acceptors (Lipinski definition) is 5. The third-order valence-electron chi connectivity index (χ3n) is 3.66. The van der Waals surface area contributed by atoms with Crippen LogP contribution in [0.3, 0.4) is 0 Å². The van der Waals surface area contributed by atoms with Gasteiger partial charge in [-0.1, -0.05) is 15.9 Å². The minimum atomic E-state index is -3.88. The molecule has 0 aromatic heterocycles. The average molecular weight is 378 g/mol. The molecule has 1 aromatic carbocycles. The number of halogens is 1. The highest BCUT2D eigenvalue weighted by Crippen LogP contribution is 2.30. The van der Waals surface area contributed by atoms with E-state index in [0.717, 1.165) is 0 Å². The Morgan fingerprint density at radius 2 is 2.05 bits per heavy atom. The molecule has 1 aliphatic heterocycles. The Morgan fingerprint density at radius 1 is 1.38 bits per heavy atom. The zero-order valence-electron chi connectivity index (χ0n) is 11.7. The number of likely N-dealkylation sites (N-methyl/N-ethyl adjacent to an activating group) is 1. The zero-order chi connectivity index (χ0) is 15.8. The molecule has 1 aromatic rings. The van der Waals surface area contributed by atoms with Crippen molar-refractivity contribution in [3.63, 3.8) is 0 Å². The lowest BCUT2D eigenvalue weighted by Crippen LogP contribution is -2.51. The Bertz CT molecular complexity index is 664. The van der Waals surface area contributed by atoms with E-state index in [-0.39, 0.29) is 10.9 Å². The molecule has 9 heteroatoms. The van der Waals surface area contributed by atoms with E-state index in [0.29, 0.717) is 24.1 Å². The number of sulfonamides is 1. The molecule has 1 fully saturated rings. The van der Waals surface area contributed by atoms with Gasteiger partial charge in [0.05, 0.1) is 4.92 Å². The van der Waals surface area contributed by atoms with Gasteiger partial charge in [-0.2, -0.15) is 4.31 Å². The molecule has 1 unspecified atom stereocenters. The van der Waals surface area contributed by atoms with Crippen LogP contribution in [0, 0.1) is 10.1 Å². The highest BCUT2D eigenvalue weighted by molar-refractivity contribution is 9.10. The van der Waals surface area contributed by atoms with E-state index in [1.54, 1.807) is 0 Å². The molecule has 2 rings (SSSR count). The lowest BCUT2D eigenvalue weighted by molar-refractivity contribution is -0.387. The van der Waals surface area contributed by atoms with Crippen molar-refractivity contribution in [2.75, 3.05) is 26.7 Å². The maximum Gasteiger partial charge on any atom is 0.289 e. The van der Waals surface area contributed by atoms with Crippen LogP contribution in [-0.2, 0) is 10.0 Å². The van der Waals surface area contributed by atoms with E-state index in [9.17, 15) is 18.5 Å². The molecule has 0 radical (unpaired) electrons. The maximum absolute atomic E-state index is 12.7. The van der Waals surface area contributed by atoms with Crippen molar-refractivity contribution in [3.8, 4) is 0 Å². The number of nitro benzene ring substituents is 1. The van der Waals surface area contributed by atoms with Crippen LogP contribution in [0.2, 0.25) is 0 Å². The summed E-state index contributed by atoms with van der Waals surface area (Å²) in [6.07, 6.45) is 0. The number of benzene rings is 1. The first-order valence-corrected chi connectivity index (χ1v) is 8.61. The van der Waals surface area contributed by atoms with Crippen molar-refractivity contribution < 1.29 is 13.3 Å². The van der Waals surface area contributed by atoms with E-state index in [4.69, 9.17) is 0 Å². The molecule has 0 spiro atoms. The highest BCUT2D eigenvalue weighted by atomic mass is 79.9. The molecule has 0 saturated carbocycles. The summed E-state index contributed by atoms with van der Waals surface area (Å²) in [6.45, 7) is 3.18. The molecule has 1 saturated heterocycles. The molecule has 116 valence electrons.